The van der Waals surface area contributed by atoms with E-state index in [0.717, 1.165) is 41.1 Å². The van der Waals surface area contributed by atoms with E-state index in [-0.39, 0.29) is 0 Å². The lowest BCUT2D eigenvalue weighted by Gasteiger charge is -2.09. The summed E-state index contributed by atoms with van der Waals surface area (Å²) < 4.78 is 1.92. The third-order valence-electron chi connectivity index (χ3n) is 3.32. The zero-order valence-corrected chi connectivity index (χ0v) is 11.5. The first-order valence-corrected chi connectivity index (χ1v) is 6.54. The minimum absolute atomic E-state index is 0.744. The maximum atomic E-state index is 4.24. The fourth-order valence-corrected chi connectivity index (χ4v) is 2.19. The van der Waals surface area contributed by atoms with Crippen LogP contribution in [0.1, 0.15) is 11.5 Å². The summed E-state index contributed by atoms with van der Waals surface area (Å²) in [6, 6.07) is 8.15. The fraction of sp³-hybridized carbons (Fsp3) is 0.286. The van der Waals surface area contributed by atoms with Crippen molar-refractivity contribution >= 4 is 16.6 Å². The van der Waals surface area contributed by atoms with E-state index < -0.39 is 0 Å². The summed E-state index contributed by atoms with van der Waals surface area (Å²) >= 11 is 0. The van der Waals surface area contributed by atoms with E-state index in [4.69, 9.17) is 0 Å². The van der Waals surface area contributed by atoms with Gasteiger partial charge in [-0.15, -0.1) is 15.3 Å². The predicted octanol–water partition coefficient (Wildman–Crippen LogP) is 1.72. The van der Waals surface area contributed by atoms with Crippen LogP contribution in [0.15, 0.2) is 30.6 Å². The van der Waals surface area contributed by atoms with E-state index in [9.17, 15) is 0 Å². The Bertz CT molecular complexity index is 733. The number of aromatic nitrogens is 5. The zero-order chi connectivity index (χ0) is 13.9. The molecule has 2 heterocycles. The normalized spacial score (nSPS) is 10.9. The van der Waals surface area contributed by atoms with Gasteiger partial charge in [0.1, 0.15) is 12.2 Å². The van der Waals surface area contributed by atoms with Crippen LogP contribution in [0.25, 0.3) is 10.8 Å². The maximum absolute atomic E-state index is 4.24. The van der Waals surface area contributed by atoms with Crippen molar-refractivity contribution in [2.24, 2.45) is 7.05 Å². The number of hydrogen-bond donors (Lipinski definition) is 1. The van der Waals surface area contributed by atoms with Gasteiger partial charge in [-0.3, -0.25) is 0 Å². The SMILES string of the molecule is Cc1nnc(NCCc2nncn2C)c2ccccc12. The molecule has 6 heteroatoms. The topological polar surface area (TPSA) is 68.5 Å². The molecule has 2 aromatic heterocycles. The minimum atomic E-state index is 0.744. The van der Waals surface area contributed by atoms with E-state index in [1.165, 1.54) is 0 Å². The number of nitrogens with one attached hydrogen (secondary N) is 1. The van der Waals surface area contributed by atoms with Crippen molar-refractivity contribution in [2.45, 2.75) is 13.3 Å². The summed E-state index contributed by atoms with van der Waals surface area (Å²) in [6.45, 7) is 2.72. The highest BCUT2D eigenvalue weighted by Crippen LogP contribution is 2.21. The van der Waals surface area contributed by atoms with E-state index in [0.29, 0.717) is 0 Å². The van der Waals surface area contributed by atoms with Crippen LogP contribution in [-0.4, -0.2) is 31.5 Å². The van der Waals surface area contributed by atoms with E-state index in [1.807, 2.05) is 30.7 Å². The van der Waals surface area contributed by atoms with Crippen LogP contribution in [0.3, 0.4) is 0 Å². The van der Waals surface area contributed by atoms with Crippen LogP contribution in [-0.2, 0) is 13.5 Å². The molecule has 0 aliphatic heterocycles. The van der Waals surface area contributed by atoms with Gasteiger partial charge in [0.05, 0.1) is 5.69 Å². The Morgan fingerprint density at radius 1 is 1.10 bits per heavy atom. The molecule has 0 unspecified atom stereocenters. The molecular weight excluding hydrogens is 252 g/mol. The number of aryl methyl sites for hydroxylation is 2. The fourth-order valence-electron chi connectivity index (χ4n) is 2.19. The molecule has 1 aromatic carbocycles. The Labute approximate surface area is 116 Å². The molecule has 0 bridgehead atoms. The first-order chi connectivity index (χ1) is 9.75. The Hall–Kier alpha value is -2.50. The van der Waals surface area contributed by atoms with Gasteiger partial charge in [0.2, 0.25) is 0 Å². The highest BCUT2D eigenvalue weighted by Gasteiger charge is 2.06. The van der Waals surface area contributed by atoms with E-state index in [1.54, 1.807) is 6.33 Å². The zero-order valence-electron chi connectivity index (χ0n) is 11.5. The smallest absolute Gasteiger partial charge is 0.156 e. The number of hydrogen-bond acceptors (Lipinski definition) is 5. The molecule has 0 radical (unpaired) electrons. The summed E-state index contributed by atoms with van der Waals surface area (Å²) in [5.74, 6) is 1.76. The molecular formula is C14H16N6. The molecule has 0 aliphatic rings. The molecule has 0 saturated heterocycles. The van der Waals surface area contributed by atoms with Gasteiger partial charge in [0.15, 0.2) is 5.82 Å². The predicted molar refractivity (Wildman–Crippen MR) is 77.5 cm³/mol. The van der Waals surface area contributed by atoms with Gasteiger partial charge in [-0.2, -0.15) is 5.10 Å². The summed E-state index contributed by atoms with van der Waals surface area (Å²) in [7, 11) is 1.94. The Morgan fingerprint density at radius 3 is 2.65 bits per heavy atom. The summed E-state index contributed by atoms with van der Waals surface area (Å²) in [5.41, 5.74) is 0.944. The molecule has 102 valence electrons. The van der Waals surface area contributed by atoms with Crippen LogP contribution in [0.2, 0.25) is 0 Å². The Kier molecular flexibility index (Phi) is 3.28. The van der Waals surface area contributed by atoms with Crippen LogP contribution < -0.4 is 5.32 Å². The lowest BCUT2D eigenvalue weighted by Crippen LogP contribution is -2.10. The molecule has 3 rings (SSSR count). The molecule has 0 saturated carbocycles. The molecule has 20 heavy (non-hydrogen) atoms. The Balaban J connectivity index is 1.78. The minimum Gasteiger partial charge on any atom is -0.368 e. The van der Waals surface area contributed by atoms with Crippen molar-refractivity contribution in [3.63, 3.8) is 0 Å². The average Bonchev–Trinajstić information content (AvgIpc) is 2.87. The van der Waals surface area contributed by atoms with Crippen LogP contribution >= 0.6 is 0 Å². The summed E-state index contributed by atoms with van der Waals surface area (Å²) in [6.07, 6.45) is 2.50. The van der Waals surface area contributed by atoms with Crippen molar-refractivity contribution in [2.75, 3.05) is 11.9 Å². The third kappa shape index (κ3) is 2.32. The number of anilines is 1. The second-order valence-corrected chi connectivity index (χ2v) is 4.71. The van der Waals surface area contributed by atoms with Crippen molar-refractivity contribution in [3.8, 4) is 0 Å². The summed E-state index contributed by atoms with van der Waals surface area (Å²) in [4.78, 5) is 0. The highest BCUT2D eigenvalue weighted by atomic mass is 15.2. The number of nitrogens with zero attached hydrogens (tertiary/aromatic N) is 5. The van der Waals surface area contributed by atoms with Gasteiger partial charge in [-0.1, -0.05) is 24.3 Å². The Morgan fingerprint density at radius 2 is 1.90 bits per heavy atom. The van der Waals surface area contributed by atoms with Crippen molar-refractivity contribution in [1.29, 1.82) is 0 Å². The molecule has 0 spiro atoms. The largest absolute Gasteiger partial charge is 0.368 e. The van der Waals surface area contributed by atoms with E-state index >= 15 is 0 Å². The quantitative estimate of drug-likeness (QED) is 0.780. The molecule has 0 atom stereocenters. The first-order valence-electron chi connectivity index (χ1n) is 6.54. The molecule has 0 fully saturated rings. The molecule has 1 N–H and O–H groups in total. The monoisotopic (exact) mass is 268 g/mol. The van der Waals surface area contributed by atoms with Gasteiger partial charge in [0, 0.05) is 30.8 Å². The standard InChI is InChI=1S/C14H16N6/c1-10-11-5-3-4-6-12(11)14(19-17-10)15-8-7-13-18-16-9-20(13)2/h3-6,9H,7-8H2,1-2H3,(H,15,19). The molecule has 3 aromatic rings. The number of fused-ring (bicyclic) bond motifs is 1. The lowest BCUT2D eigenvalue weighted by molar-refractivity contribution is 0.786. The molecule has 0 amide bonds. The number of benzene rings is 1. The highest BCUT2D eigenvalue weighted by molar-refractivity contribution is 5.92. The van der Waals surface area contributed by atoms with Gasteiger partial charge in [0.25, 0.3) is 0 Å². The molecule has 0 aliphatic carbocycles. The van der Waals surface area contributed by atoms with Crippen LogP contribution in [0, 0.1) is 6.92 Å². The van der Waals surface area contributed by atoms with Crippen molar-refractivity contribution in [1.82, 2.24) is 25.0 Å². The van der Waals surface area contributed by atoms with Crippen molar-refractivity contribution in [3.05, 3.63) is 42.1 Å². The van der Waals surface area contributed by atoms with Gasteiger partial charge in [-0.25, -0.2) is 0 Å². The maximum Gasteiger partial charge on any atom is 0.156 e. The lowest BCUT2D eigenvalue weighted by atomic mass is 10.1. The molecule has 6 nitrogen and oxygen atoms in total. The van der Waals surface area contributed by atoms with Crippen LogP contribution in [0.5, 0.6) is 0 Å². The van der Waals surface area contributed by atoms with Gasteiger partial charge in [-0.05, 0) is 6.92 Å². The third-order valence-corrected chi connectivity index (χ3v) is 3.32. The second kappa shape index (κ2) is 5.24. The first kappa shape index (κ1) is 12.5. The second-order valence-electron chi connectivity index (χ2n) is 4.71. The van der Waals surface area contributed by atoms with Gasteiger partial charge < -0.3 is 9.88 Å². The summed E-state index contributed by atoms with van der Waals surface area (Å²) in [5, 5.41) is 21.9. The van der Waals surface area contributed by atoms with E-state index in [2.05, 4.69) is 37.8 Å². The van der Waals surface area contributed by atoms with Crippen LogP contribution in [0.4, 0.5) is 5.82 Å². The number of rotatable bonds is 4. The van der Waals surface area contributed by atoms with Crippen molar-refractivity contribution < 1.29 is 0 Å². The average molecular weight is 268 g/mol. The van der Waals surface area contributed by atoms with Gasteiger partial charge >= 0.3 is 0 Å².